The van der Waals surface area contributed by atoms with Gasteiger partial charge in [0.25, 0.3) is 0 Å². The molecule has 4 heteroatoms. The number of piperazine rings is 1. The fourth-order valence-corrected chi connectivity index (χ4v) is 3.36. The predicted octanol–water partition coefficient (Wildman–Crippen LogP) is 0.545. The average Bonchev–Trinajstić information content (AvgIpc) is 2.94. The highest BCUT2D eigenvalue weighted by molar-refractivity contribution is 5.89. The summed E-state index contributed by atoms with van der Waals surface area (Å²) in [7, 11) is 0. The quantitative estimate of drug-likeness (QED) is 0.673. The zero-order chi connectivity index (χ0) is 12.0. The van der Waals surface area contributed by atoms with E-state index in [1.165, 1.54) is 0 Å². The molecule has 2 fully saturated rings. The van der Waals surface area contributed by atoms with E-state index in [0.29, 0.717) is 24.9 Å². The number of amides is 2. The molecule has 92 valence electrons. The number of hydrogen-bond donors (Lipinski definition) is 1. The summed E-state index contributed by atoms with van der Waals surface area (Å²) in [6.07, 6.45) is 6.53. The maximum atomic E-state index is 12.5. The molecule has 1 heterocycles. The summed E-state index contributed by atoms with van der Waals surface area (Å²) in [4.78, 5) is 25.8. The summed E-state index contributed by atoms with van der Waals surface area (Å²) in [5.41, 5.74) is 0. The Morgan fingerprint density at radius 2 is 2.24 bits per heavy atom. The molecule has 2 aliphatic carbocycles. The molecule has 3 rings (SSSR count). The molecule has 0 spiro atoms. The number of nitrogens with zero attached hydrogens (tertiary/aromatic N) is 1. The first-order valence-electron chi connectivity index (χ1n) is 6.43. The van der Waals surface area contributed by atoms with E-state index in [4.69, 9.17) is 0 Å². The van der Waals surface area contributed by atoms with Crippen LogP contribution >= 0.6 is 0 Å². The number of allylic oxidation sites excluding steroid dienone is 2. The van der Waals surface area contributed by atoms with Crippen molar-refractivity contribution in [1.82, 2.24) is 10.2 Å². The molecule has 1 N–H and O–H groups in total. The molecule has 0 aromatic heterocycles. The van der Waals surface area contributed by atoms with E-state index in [1.807, 2.05) is 6.92 Å². The number of rotatable bonds is 1. The Hall–Kier alpha value is -1.32. The van der Waals surface area contributed by atoms with Crippen molar-refractivity contribution in [3.05, 3.63) is 12.2 Å². The summed E-state index contributed by atoms with van der Waals surface area (Å²) in [5, 5.41) is 2.79. The van der Waals surface area contributed by atoms with Gasteiger partial charge in [-0.15, -0.1) is 0 Å². The molecule has 3 aliphatic rings. The Bertz CT molecular complexity index is 391. The van der Waals surface area contributed by atoms with Crippen LogP contribution in [0.1, 0.15) is 19.8 Å². The largest absolute Gasteiger partial charge is 0.353 e. The van der Waals surface area contributed by atoms with E-state index in [-0.39, 0.29) is 23.8 Å². The first kappa shape index (κ1) is 10.8. The first-order chi connectivity index (χ1) is 8.16. The van der Waals surface area contributed by atoms with Gasteiger partial charge in [-0.25, -0.2) is 0 Å². The van der Waals surface area contributed by atoms with Gasteiger partial charge in [-0.1, -0.05) is 12.2 Å². The van der Waals surface area contributed by atoms with Crippen molar-refractivity contribution in [2.75, 3.05) is 13.1 Å². The Balaban J connectivity index is 1.74. The van der Waals surface area contributed by atoms with Crippen LogP contribution in [0.4, 0.5) is 0 Å². The van der Waals surface area contributed by atoms with E-state index in [2.05, 4.69) is 17.5 Å². The Labute approximate surface area is 101 Å². The molecule has 0 aromatic rings. The van der Waals surface area contributed by atoms with Gasteiger partial charge in [-0.2, -0.15) is 0 Å². The molecule has 4 atom stereocenters. The maximum Gasteiger partial charge on any atom is 0.242 e. The molecule has 2 amide bonds. The molecule has 0 aromatic carbocycles. The summed E-state index contributed by atoms with van der Waals surface area (Å²) < 4.78 is 0. The van der Waals surface area contributed by atoms with Crippen molar-refractivity contribution in [3.63, 3.8) is 0 Å². The fraction of sp³-hybridized carbons (Fsp3) is 0.692. The van der Waals surface area contributed by atoms with Gasteiger partial charge in [-0.3, -0.25) is 9.59 Å². The second kappa shape index (κ2) is 3.86. The van der Waals surface area contributed by atoms with Crippen molar-refractivity contribution in [1.29, 1.82) is 0 Å². The third-order valence-electron chi connectivity index (χ3n) is 4.38. The number of fused-ring (bicyclic) bond motifs is 2. The lowest BCUT2D eigenvalue weighted by Gasteiger charge is -2.35. The van der Waals surface area contributed by atoms with Crippen LogP contribution in [-0.2, 0) is 9.59 Å². The molecule has 1 saturated heterocycles. The minimum absolute atomic E-state index is 0.0247. The Kier molecular flexibility index (Phi) is 2.45. The Morgan fingerprint density at radius 1 is 1.41 bits per heavy atom. The van der Waals surface area contributed by atoms with Crippen molar-refractivity contribution < 1.29 is 9.59 Å². The predicted molar refractivity (Wildman–Crippen MR) is 63.0 cm³/mol. The highest BCUT2D eigenvalue weighted by atomic mass is 16.2. The summed E-state index contributed by atoms with van der Waals surface area (Å²) in [5.74, 6) is 1.30. The summed E-state index contributed by atoms with van der Waals surface area (Å²) >= 11 is 0. The lowest BCUT2D eigenvalue weighted by Crippen LogP contribution is -2.57. The van der Waals surface area contributed by atoms with Gasteiger partial charge < -0.3 is 10.2 Å². The van der Waals surface area contributed by atoms with Crippen molar-refractivity contribution >= 4 is 11.8 Å². The van der Waals surface area contributed by atoms with Crippen LogP contribution in [0.25, 0.3) is 0 Å². The topological polar surface area (TPSA) is 49.4 Å². The molecular formula is C13H18N2O2. The van der Waals surface area contributed by atoms with Gasteiger partial charge in [0.1, 0.15) is 6.04 Å². The smallest absolute Gasteiger partial charge is 0.242 e. The summed E-state index contributed by atoms with van der Waals surface area (Å²) in [6, 6.07) is -0.306. The van der Waals surface area contributed by atoms with Gasteiger partial charge in [0.2, 0.25) is 11.8 Å². The van der Waals surface area contributed by atoms with Crippen LogP contribution < -0.4 is 5.32 Å². The Morgan fingerprint density at radius 3 is 2.88 bits per heavy atom. The zero-order valence-electron chi connectivity index (χ0n) is 10.1. The molecule has 4 unspecified atom stereocenters. The van der Waals surface area contributed by atoms with Gasteiger partial charge >= 0.3 is 0 Å². The molecule has 4 nitrogen and oxygen atoms in total. The number of carbonyl (C=O) groups excluding carboxylic acids is 2. The molecule has 1 saturated carbocycles. The van der Waals surface area contributed by atoms with E-state index in [0.717, 1.165) is 12.8 Å². The zero-order valence-corrected chi connectivity index (χ0v) is 10.1. The standard InChI is InChI=1S/C13H18N2O2/c1-8-12(16)14-4-5-15(8)13(17)11-7-9-2-3-10(11)6-9/h2-3,8-11H,4-7H2,1H3,(H,14,16). The van der Waals surface area contributed by atoms with Crippen LogP contribution in [-0.4, -0.2) is 35.8 Å². The van der Waals surface area contributed by atoms with Crippen molar-refractivity contribution in [2.45, 2.75) is 25.8 Å². The van der Waals surface area contributed by atoms with Crippen molar-refractivity contribution in [2.24, 2.45) is 17.8 Å². The SMILES string of the molecule is CC1C(=O)NCCN1C(=O)C1CC2C=CC1C2. The molecule has 0 radical (unpaired) electrons. The number of nitrogens with one attached hydrogen (secondary N) is 1. The second-order valence-electron chi connectivity index (χ2n) is 5.39. The van der Waals surface area contributed by atoms with Crippen molar-refractivity contribution in [3.8, 4) is 0 Å². The first-order valence-corrected chi connectivity index (χ1v) is 6.43. The molecule has 17 heavy (non-hydrogen) atoms. The van der Waals surface area contributed by atoms with Gasteiger partial charge in [0.05, 0.1) is 0 Å². The van der Waals surface area contributed by atoms with Crippen LogP contribution in [0, 0.1) is 17.8 Å². The highest BCUT2D eigenvalue weighted by Gasteiger charge is 2.43. The van der Waals surface area contributed by atoms with E-state index in [9.17, 15) is 9.59 Å². The average molecular weight is 234 g/mol. The second-order valence-corrected chi connectivity index (χ2v) is 5.39. The molecule has 1 aliphatic heterocycles. The maximum absolute atomic E-state index is 12.5. The fourth-order valence-electron chi connectivity index (χ4n) is 3.36. The highest BCUT2D eigenvalue weighted by Crippen LogP contribution is 2.44. The molecular weight excluding hydrogens is 216 g/mol. The number of hydrogen-bond acceptors (Lipinski definition) is 2. The number of carbonyl (C=O) groups is 2. The third kappa shape index (κ3) is 1.66. The van der Waals surface area contributed by atoms with E-state index in [1.54, 1.807) is 4.90 Å². The van der Waals surface area contributed by atoms with Gasteiger partial charge in [0.15, 0.2) is 0 Å². The van der Waals surface area contributed by atoms with Crippen LogP contribution in [0.5, 0.6) is 0 Å². The normalized spacial score (nSPS) is 39.6. The van der Waals surface area contributed by atoms with Gasteiger partial charge in [0, 0.05) is 19.0 Å². The van der Waals surface area contributed by atoms with Crippen LogP contribution in [0.15, 0.2) is 12.2 Å². The van der Waals surface area contributed by atoms with Gasteiger partial charge in [-0.05, 0) is 31.6 Å². The summed E-state index contributed by atoms with van der Waals surface area (Å²) in [6.45, 7) is 3.06. The lowest BCUT2D eigenvalue weighted by molar-refractivity contribution is -0.146. The minimum Gasteiger partial charge on any atom is -0.353 e. The third-order valence-corrected chi connectivity index (χ3v) is 4.38. The van der Waals surface area contributed by atoms with Crippen LogP contribution in [0.2, 0.25) is 0 Å². The van der Waals surface area contributed by atoms with Crippen LogP contribution in [0.3, 0.4) is 0 Å². The monoisotopic (exact) mass is 234 g/mol. The molecule has 2 bridgehead atoms. The minimum atomic E-state index is -0.306. The lowest BCUT2D eigenvalue weighted by atomic mass is 9.91. The van der Waals surface area contributed by atoms with E-state index < -0.39 is 0 Å². The van der Waals surface area contributed by atoms with E-state index >= 15 is 0 Å².